The van der Waals surface area contributed by atoms with Gasteiger partial charge in [0.25, 0.3) is 0 Å². The largest absolute Gasteiger partial charge is 0.321 e. The van der Waals surface area contributed by atoms with Gasteiger partial charge in [0, 0.05) is 6.54 Å². The first-order valence-corrected chi connectivity index (χ1v) is 5.10. The van der Waals surface area contributed by atoms with E-state index in [1.54, 1.807) is 6.33 Å². The molecule has 2 N–H and O–H groups in total. The molecule has 0 saturated heterocycles. The molecule has 1 aromatic rings. The van der Waals surface area contributed by atoms with Gasteiger partial charge in [0.05, 0.1) is 6.04 Å². The summed E-state index contributed by atoms with van der Waals surface area (Å²) < 4.78 is 2.04. The first-order valence-electron chi connectivity index (χ1n) is 5.10. The van der Waals surface area contributed by atoms with E-state index in [1.165, 1.54) is 0 Å². The molecule has 0 aliphatic heterocycles. The lowest BCUT2D eigenvalue weighted by Gasteiger charge is -2.26. The van der Waals surface area contributed by atoms with Gasteiger partial charge in [-0.3, -0.25) is 0 Å². The van der Waals surface area contributed by atoms with Crippen LogP contribution in [0, 0.1) is 5.41 Å². The van der Waals surface area contributed by atoms with E-state index in [4.69, 9.17) is 5.73 Å². The molecule has 0 saturated carbocycles. The highest BCUT2D eigenvalue weighted by Crippen LogP contribution is 2.28. The predicted molar refractivity (Wildman–Crippen MR) is 56.7 cm³/mol. The van der Waals surface area contributed by atoms with Crippen LogP contribution in [0.4, 0.5) is 0 Å². The molecule has 1 rings (SSSR count). The van der Waals surface area contributed by atoms with Crippen molar-refractivity contribution in [2.45, 2.75) is 46.7 Å². The summed E-state index contributed by atoms with van der Waals surface area (Å²) in [7, 11) is 0. The number of nitrogens with zero attached hydrogens (tertiary/aromatic N) is 3. The van der Waals surface area contributed by atoms with Crippen LogP contribution in [-0.4, -0.2) is 14.8 Å². The van der Waals surface area contributed by atoms with E-state index in [2.05, 4.69) is 37.9 Å². The second-order valence-electron chi connectivity index (χ2n) is 4.73. The third-order valence-corrected chi connectivity index (χ3v) is 2.32. The van der Waals surface area contributed by atoms with Gasteiger partial charge >= 0.3 is 0 Å². The molecule has 0 amide bonds. The van der Waals surface area contributed by atoms with E-state index in [1.807, 2.05) is 4.57 Å². The summed E-state index contributed by atoms with van der Waals surface area (Å²) in [5.74, 6) is 0.888. The maximum Gasteiger partial charge on any atom is 0.150 e. The molecule has 0 radical (unpaired) electrons. The van der Waals surface area contributed by atoms with Gasteiger partial charge in [-0.2, -0.15) is 0 Å². The molecule has 1 aromatic heterocycles. The van der Waals surface area contributed by atoms with E-state index >= 15 is 0 Å². The van der Waals surface area contributed by atoms with Crippen LogP contribution >= 0.6 is 0 Å². The van der Waals surface area contributed by atoms with Crippen LogP contribution in [0.1, 0.15) is 46.0 Å². The molecule has 0 aliphatic carbocycles. The minimum Gasteiger partial charge on any atom is -0.321 e. The predicted octanol–water partition coefficient (Wildman–Crippen LogP) is 1.73. The van der Waals surface area contributed by atoms with Crippen molar-refractivity contribution >= 4 is 0 Å². The molecule has 0 aliphatic rings. The number of nitrogens with two attached hydrogens (primary N) is 1. The van der Waals surface area contributed by atoms with Gasteiger partial charge in [-0.05, 0) is 11.8 Å². The van der Waals surface area contributed by atoms with Gasteiger partial charge in [-0.1, -0.05) is 27.7 Å². The highest BCUT2D eigenvalue weighted by molar-refractivity contribution is 4.98. The van der Waals surface area contributed by atoms with E-state index < -0.39 is 0 Å². The summed E-state index contributed by atoms with van der Waals surface area (Å²) in [4.78, 5) is 0. The first-order chi connectivity index (χ1) is 6.46. The summed E-state index contributed by atoms with van der Waals surface area (Å²) in [5, 5.41) is 8.00. The molecule has 0 spiro atoms. The fourth-order valence-electron chi connectivity index (χ4n) is 1.31. The van der Waals surface area contributed by atoms with Gasteiger partial charge in [0.1, 0.15) is 12.2 Å². The Morgan fingerprint density at radius 2 is 2.14 bits per heavy atom. The SMILES string of the molecule is CCCn1cnnc1[C@@H](N)C(C)(C)C. The lowest BCUT2D eigenvalue weighted by molar-refractivity contribution is 0.306. The highest BCUT2D eigenvalue weighted by Gasteiger charge is 2.26. The average molecular weight is 196 g/mol. The summed E-state index contributed by atoms with van der Waals surface area (Å²) >= 11 is 0. The Hall–Kier alpha value is -0.900. The molecule has 1 atom stereocenters. The molecule has 14 heavy (non-hydrogen) atoms. The zero-order chi connectivity index (χ0) is 10.8. The third kappa shape index (κ3) is 2.32. The summed E-state index contributed by atoms with van der Waals surface area (Å²) in [6.45, 7) is 9.41. The lowest BCUT2D eigenvalue weighted by atomic mass is 9.87. The van der Waals surface area contributed by atoms with Crippen LogP contribution < -0.4 is 5.73 Å². The van der Waals surface area contributed by atoms with Crippen LogP contribution in [0.5, 0.6) is 0 Å². The lowest BCUT2D eigenvalue weighted by Crippen LogP contribution is -2.29. The van der Waals surface area contributed by atoms with Crippen molar-refractivity contribution in [3.63, 3.8) is 0 Å². The molecule has 0 bridgehead atoms. The van der Waals surface area contributed by atoms with Crippen LogP contribution in [0.2, 0.25) is 0 Å². The average Bonchev–Trinajstić information content (AvgIpc) is 2.50. The molecule has 0 fully saturated rings. The monoisotopic (exact) mass is 196 g/mol. The fraction of sp³-hybridized carbons (Fsp3) is 0.800. The number of hydrogen-bond donors (Lipinski definition) is 1. The van der Waals surface area contributed by atoms with Crippen molar-refractivity contribution in [1.29, 1.82) is 0 Å². The Morgan fingerprint density at radius 1 is 1.50 bits per heavy atom. The number of hydrogen-bond acceptors (Lipinski definition) is 3. The molecule has 1 heterocycles. The molecule has 0 unspecified atom stereocenters. The van der Waals surface area contributed by atoms with Crippen molar-refractivity contribution in [1.82, 2.24) is 14.8 Å². The number of aromatic nitrogens is 3. The maximum absolute atomic E-state index is 6.12. The molecular formula is C10H20N4. The Labute approximate surface area is 85.5 Å². The summed E-state index contributed by atoms with van der Waals surface area (Å²) in [6.07, 6.45) is 2.83. The van der Waals surface area contributed by atoms with Gasteiger partial charge in [0.2, 0.25) is 0 Å². The standard InChI is InChI=1S/C10H20N4/c1-5-6-14-7-12-13-9(14)8(11)10(2,3)4/h7-8H,5-6,11H2,1-4H3/t8-/m1/s1. The van der Waals surface area contributed by atoms with Crippen molar-refractivity contribution in [3.8, 4) is 0 Å². The normalized spacial score (nSPS) is 14.4. The number of rotatable bonds is 3. The van der Waals surface area contributed by atoms with Gasteiger partial charge in [-0.15, -0.1) is 10.2 Å². The van der Waals surface area contributed by atoms with Gasteiger partial charge < -0.3 is 10.3 Å². The van der Waals surface area contributed by atoms with Gasteiger partial charge in [0.15, 0.2) is 0 Å². The first kappa shape index (κ1) is 11.2. The zero-order valence-corrected chi connectivity index (χ0v) is 9.49. The molecule has 0 aromatic carbocycles. The Kier molecular flexibility index (Phi) is 3.26. The second-order valence-corrected chi connectivity index (χ2v) is 4.73. The zero-order valence-electron chi connectivity index (χ0n) is 9.49. The Balaban J connectivity index is 2.89. The fourth-order valence-corrected chi connectivity index (χ4v) is 1.31. The Morgan fingerprint density at radius 3 is 2.64 bits per heavy atom. The van der Waals surface area contributed by atoms with Crippen molar-refractivity contribution in [2.75, 3.05) is 0 Å². The van der Waals surface area contributed by atoms with E-state index in [-0.39, 0.29) is 11.5 Å². The molecular weight excluding hydrogens is 176 g/mol. The highest BCUT2D eigenvalue weighted by atomic mass is 15.3. The van der Waals surface area contributed by atoms with E-state index in [0.29, 0.717) is 0 Å². The molecule has 4 nitrogen and oxygen atoms in total. The van der Waals surface area contributed by atoms with Crippen molar-refractivity contribution < 1.29 is 0 Å². The smallest absolute Gasteiger partial charge is 0.150 e. The van der Waals surface area contributed by atoms with Crippen LogP contribution in [0.25, 0.3) is 0 Å². The number of aryl methyl sites for hydroxylation is 1. The van der Waals surface area contributed by atoms with Crippen molar-refractivity contribution in [2.24, 2.45) is 11.1 Å². The second kappa shape index (κ2) is 4.09. The van der Waals surface area contributed by atoms with E-state index in [0.717, 1.165) is 18.8 Å². The van der Waals surface area contributed by atoms with Crippen molar-refractivity contribution in [3.05, 3.63) is 12.2 Å². The quantitative estimate of drug-likeness (QED) is 0.801. The van der Waals surface area contributed by atoms with E-state index in [9.17, 15) is 0 Å². The molecule has 80 valence electrons. The van der Waals surface area contributed by atoms with Gasteiger partial charge in [-0.25, -0.2) is 0 Å². The summed E-state index contributed by atoms with van der Waals surface area (Å²) in [5.41, 5.74) is 6.15. The maximum atomic E-state index is 6.12. The molecule has 4 heteroatoms. The third-order valence-electron chi connectivity index (χ3n) is 2.32. The Bertz CT molecular complexity index is 285. The van der Waals surface area contributed by atoms with Crippen LogP contribution in [0.15, 0.2) is 6.33 Å². The minimum absolute atomic E-state index is 0.0263. The minimum atomic E-state index is -0.0588. The van der Waals surface area contributed by atoms with Crippen LogP contribution in [0.3, 0.4) is 0 Å². The topological polar surface area (TPSA) is 56.7 Å². The van der Waals surface area contributed by atoms with Crippen LogP contribution in [-0.2, 0) is 6.54 Å². The summed E-state index contributed by atoms with van der Waals surface area (Å²) in [6, 6.07) is -0.0588.